The molecule has 0 spiro atoms. The molecule has 0 bridgehead atoms. The highest BCUT2D eigenvalue weighted by molar-refractivity contribution is 9.10. The number of pyridine rings is 1. The third kappa shape index (κ3) is 1.76. The van der Waals surface area contributed by atoms with E-state index < -0.39 is 6.10 Å². The SMILES string of the molecule is CCC(O)c1c(C)nc2c(Br)cc(C)cn12. The minimum Gasteiger partial charge on any atom is -0.387 e. The lowest BCUT2D eigenvalue weighted by Crippen LogP contribution is -2.02. The van der Waals surface area contributed by atoms with Crippen molar-refractivity contribution >= 4 is 21.6 Å². The molecular formula is C12H15BrN2O. The largest absolute Gasteiger partial charge is 0.387 e. The Bertz CT molecular complexity index is 533. The first-order chi connectivity index (χ1) is 7.54. The Morgan fingerprint density at radius 3 is 2.81 bits per heavy atom. The summed E-state index contributed by atoms with van der Waals surface area (Å²) >= 11 is 3.50. The molecule has 0 aliphatic carbocycles. The van der Waals surface area contributed by atoms with Crippen molar-refractivity contribution in [3.8, 4) is 0 Å². The summed E-state index contributed by atoms with van der Waals surface area (Å²) in [5.74, 6) is 0. The molecule has 0 fully saturated rings. The Balaban J connectivity index is 2.78. The maximum absolute atomic E-state index is 10.0. The van der Waals surface area contributed by atoms with Crippen molar-refractivity contribution in [1.82, 2.24) is 9.38 Å². The van der Waals surface area contributed by atoms with Crippen molar-refractivity contribution in [2.24, 2.45) is 0 Å². The zero-order valence-corrected chi connectivity index (χ0v) is 11.2. The smallest absolute Gasteiger partial charge is 0.151 e. The molecule has 3 nitrogen and oxygen atoms in total. The Morgan fingerprint density at radius 1 is 1.50 bits per heavy atom. The monoisotopic (exact) mass is 282 g/mol. The van der Waals surface area contributed by atoms with Gasteiger partial charge in [-0.3, -0.25) is 4.40 Å². The van der Waals surface area contributed by atoms with Gasteiger partial charge in [0.15, 0.2) is 5.65 Å². The van der Waals surface area contributed by atoms with E-state index in [-0.39, 0.29) is 0 Å². The van der Waals surface area contributed by atoms with Crippen LogP contribution in [0.25, 0.3) is 5.65 Å². The highest BCUT2D eigenvalue weighted by atomic mass is 79.9. The molecule has 16 heavy (non-hydrogen) atoms. The molecule has 2 heterocycles. The number of imidazole rings is 1. The second kappa shape index (κ2) is 4.18. The maximum Gasteiger partial charge on any atom is 0.151 e. The summed E-state index contributed by atoms with van der Waals surface area (Å²) in [6.07, 6.45) is 2.25. The highest BCUT2D eigenvalue weighted by Crippen LogP contribution is 2.26. The van der Waals surface area contributed by atoms with Crippen LogP contribution < -0.4 is 0 Å². The number of aromatic nitrogens is 2. The molecule has 2 aromatic rings. The molecule has 2 aromatic heterocycles. The topological polar surface area (TPSA) is 37.5 Å². The third-order valence-electron chi connectivity index (χ3n) is 2.74. The minimum absolute atomic E-state index is 0.455. The molecule has 0 aliphatic heterocycles. The molecule has 1 atom stereocenters. The van der Waals surface area contributed by atoms with Gasteiger partial charge in [0.05, 0.1) is 22.0 Å². The zero-order chi connectivity index (χ0) is 11.9. The fourth-order valence-corrected chi connectivity index (χ4v) is 2.60. The molecule has 0 radical (unpaired) electrons. The molecule has 0 saturated heterocycles. The summed E-state index contributed by atoms with van der Waals surface area (Å²) in [7, 11) is 0. The first kappa shape index (κ1) is 11.6. The summed E-state index contributed by atoms with van der Waals surface area (Å²) < 4.78 is 2.94. The summed E-state index contributed by atoms with van der Waals surface area (Å²) in [4.78, 5) is 4.48. The van der Waals surface area contributed by atoms with E-state index >= 15 is 0 Å². The van der Waals surface area contributed by atoms with Gasteiger partial charge in [-0.25, -0.2) is 4.98 Å². The Kier molecular flexibility index (Phi) is 3.04. The van der Waals surface area contributed by atoms with E-state index in [1.54, 1.807) is 0 Å². The average molecular weight is 283 g/mol. The minimum atomic E-state index is -0.455. The number of nitrogens with zero attached hydrogens (tertiary/aromatic N) is 2. The predicted molar refractivity (Wildman–Crippen MR) is 67.6 cm³/mol. The molecule has 0 amide bonds. The summed E-state index contributed by atoms with van der Waals surface area (Å²) in [5.41, 5.74) is 3.79. The lowest BCUT2D eigenvalue weighted by molar-refractivity contribution is 0.167. The van der Waals surface area contributed by atoms with E-state index in [1.807, 2.05) is 37.4 Å². The normalized spacial score (nSPS) is 13.3. The number of halogens is 1. The first-order valence-corrected chi connectivity index (χ1v) is 6.16. The number of hydrogen-bond donors (Lipinski definition) is 1. The van der Waals surface area contributed by atoms with Gasteiger partial charge < -0.3 is 5.11 Å². The van der Waals surface area contributed by atoms with Crippen LogP contribution in [-0.2, 0) is 0 Å². The second-order valence-corrected chi connectivity index (χ2v) is 4.92. The molecule has 86 valence electrons. The summed E-state index contributed by atoms with van der Waals surface area (Å²) in [6.45, 7) is 5.93. The van der Waals surface area contributed by atoms with E-state index in [1.165, 1.54) is 0 Å². The van der Waals surface area contributed by atoms with E-state index in [2.05, 4.69) is 20.9 Å². The van der Waals surface area contributed by atoms with E-state index in [9.17, 15) is 5.11 Å². The summed E-state index contributed by atoms with van der Waals surface area (Å²) in [6, 6.07) is 2.03. The number of fused-ring (bicyclic) bond motifs is 1. The second-order valence-electron chi connectivity index (χ2n) is 4.07. The van der Waals surface area contributed by atoms with Gasteiger partial charge >= 0.3 is 0 Å². The number of aliphatic hydroxyl groups is 1. The van der Waals surface area contributed by atoms with Gasteiger partial charge in [-0.2, -0.15) is 0 Å². The predicted octanol–water partition coefficient (Wildman–Crippen LogP) is 3.16. The molecule has 1 unspecified atom stereocenters. The Morgan fingerprint density at radius 2 is 2.19 bits per heavy atom. The summed E-state index contributed by atoms with van der Waals surface area (Å²) in [5, 5.41) is 10.0. The van der Waals surface area contributed by atoms with Crippen LogP contribution in [0, 0.1) is 13.8 Å². The van der Waals surface area contributed by atoms with Crippen LogP contribution in [-0.4, -0.2) is 14.5 Å². The zero-order valence-electron chi connectivity index (χ0n) is 9.66. The van der Waals surface area contributed by atoms with Crippen molar-refractivity contribution in [2.45, 2.75) is 33.3 Å². The van der Waals surface area contributed by atoms with Gasteiger partial charge in [-0.05, 0) is 47.8 Å². The first-order valence-electron chi connectivity index (χ1n) is 5.37. The van der Waals surface area contributed by atoms with Crippen molar-refractivity contribution in [3.05, 3.63) is 33.7 Å². The van der Waals surface area contributed by atoms with Crippen molar-refractivity contribution in [2.75, 3.05) is 0 Å². The molecule has 1 N–H and O–H groups in total. The van der Waals surface area contributed by atoms with Gasteiger partial charge in [0, 0.05) is 6.20 Å². The molecule has 0 saturated carbocycles. The number of hydrogen-bond acceptors (Lipinski definition) is 2. The Labute approximate surface area is 103 Å². The van der Waals surface area contributed by atoms with E-state index in [4.69, 9.17) is 0 Å². The van der Waals surface area contributed by atoms with Gasteiger partial charge in [-0.15, -0.1) is 0 Å². The molecular weight excluding hydrogens is 268 g/mol. The van der Waals surface area contributed by atoms with Gasteiger partial charge in [0.25, 0.3) is 0 Å². The lowest BCUT2D eigenvalue weighted by atomic mass is 10.1. The average Bonchev–Trinajstić information content (AvgIpc) is 2.54. The number of rotatable bonds is 2. The van der Waals surface area contributed by atoms with Crippen molar-refractivity contribution in [1.29, 1.82) is 0 Å². The van der Waals surface area contributed by atoms with E-state index in [0.29, 0.717) is 6.42 Å². The fourth-order valence-electron chi connectivity index (χ4n) is 1.96. The number of aliphatic hydroxyl groups excluding tert-OH is 1. The highest BCUT2D eigenvalue weighted by Gasteiger charge is 2.17. The van der Waals surface area contributed by atoms with Crippen LogP contribution >= 0.6 is 15.9 Å². The fraction of sp³-hybridized carbons (Fsp3) is 0.417. The van der Waals surface area contributed by atoms with Gasteiger partial charge in [-0.1, -0.05) is 6.92 Å². The number of aryl methyl sites for hydroxylation is 2. The van der Waals surface area contributed by atoms with Gasteiger partial charge in [0.2, 0.25) is 0 Å². The standard InChI is InChI=1S/C12H15BrN2O/c1-4-10(16)11-8(3)14-12-9(13)5-7(2)6-15(11)12/h5-6,10,16H,4H2,1-3H3. The van der Waals surface area contributed by atoms with Crippen LogP contribution in [0.3, 0.4) is 0 Å². The molecule has 4 heteroatoms. The van der Waals surface area contributed by atoms with Gasteiger partial charge in [0.1, 0.15) is 0 Å². The van der Waals surface area contributed by atoms with Crippen LogP contribution in [0.2, 0.25) is 0 Å². The van der Waals surface area contributed by atoms with Crippen LogP contribution in [0.1, 0.15) is 36.4 Å². The van der Waals surface area contributed by atoms with Crippen molar-refractivity contribution in [3.63, 3.8) is 0 Å². The molecule has 0 aromatic carbocycles. The van der Waals surface area contributed by atoms with Crippen molar-refractivity contribution < 1.29 is 5.11 Å². The lowest BCUT2D eigenvalue weighted by Gasteiger charge is -2.09. The van der Waals surface area contributed by atoms with Crippen LogP contribution in [0.15, 0.2) is 16.7 Å². The maximum atomic E-state index is 10.0. The molecule has 2 rings (SSSR count). The molecule has 0 aliphatic rings. The van der Waals surface area contributed by atoms with Crippen LogP contribution in [0.4, 0.5) is 0 Å². The van der Waals surface area contributed by atoms with E-state index in [0.717, 1.165) is 27.1 Å². The third-order valence-corrected chi connectivity index (χ3v) is 3.32. The van der Waals surface area contributed by atoms with Crippen LogP contribution in [0.5, 0.6) is 0 Å². The quantitative estimate of drug-likeness (QED) is 0.919. The Hall–Kier alpha value is -0.870.